The minimum absolute atomic E-state index is 0.0816. The second-order valence-electron chi connectivity index (χ2n) is 6.69. The van der Waals surface area contributed by atoms with E-state index >= 15 is 0 Å². The van der Waals surface area contributed by atoms with Gasteiger partial charge in [-0.1, -0.05) is 34.9 Å². The Morgan fingerprint density at radius 1 is 1.50 bits per heavy atom. The SMILES string of the molecule is CCOC(=O)CCC1(C=O)C(C)=CC(Cl)C2CCC(Cl)(Cl)C(O)C21. The van der Waals surface area contributed by atoms with Crippen molar-refractivity contribution in [1.82, 2.24) is 0 Å². The van der Waals surface area contributed by atoms with Crippen LogP contribution in [-0.2, 0) is 14.3 Å². The van der Waals surface area contributed by atoms with Gasteiger partial charge in [-0.25, -0.2) is 0 Å². The van der Waals surface area contributed by atoms with E-state index in [1.165, 1.54) is 0 Å². The Hall–Kier alpha value is -0.290. The van der Waals surface area contributed by atoms with Gasteiger partial charge in [0.05, 0.1) is 23.5 Å². The molecule has 2 aliphatic carbocycles. The van der Waals surface area contributed by atoms with Crippen molar-refractivity contribution in [2.75, 3.05) is 6.61 Å². The van der Waals surface area contributed by atoms with Gasteiger partial charge in [0.2, 0.25) is 0 Å². The highest BCUT2D eigenvalue weighted by atomic mass is 35.5. The number of alkyl halides is 3. The maximum atomic E-state index is 12.1. The number of hydrogen-bond acceptors (Lipinski definition) is 4. The highest BCUT2D eigenvalue weighted by Crippen LogP contribution is 2.57. The molecule has 5 atom stereocenters. The second kappa shape index (κ2) is 7.53. The number of aliphatic hydroxyl groups is 1. The van der Waals surface area contributed by atoms with E-state index in [4.69, 9.17) is 39.5 Å². The fourth-order valence-electron chi connectivity index (χ4n) is 4.12. The average molecular weight is 398 g/mol. The third-order valence-corrected chi connectivity index (χ3v) is 6.73. The summed E-state index contributed by atoms with van der Waals surface area (Å²) in [5.74, 6) is -1.02. The predicted octanol–water partition coefficient (Wildman–Crippen LogP) is 3.64. The van der Waals surface area contributed by atoms with Crippen LogP contribution in [0.2, 0.25) is 0 Å². The molecular formula is C17H23Cl3O4. The monoisotopic (exact) mass is 396 g/mol. The molecule has 1 N–H and O–H groups in total. The number of esters is 1. The van der Waals surface area contributed by atoms with E-state index in [0.717, 1.165) is 11.9 Å². The van der Waals surface area contributed by atoms with Crippen molar-refractivity contribution in [3.63, 3.8) is 0 Å². The Labute approximate surface area is 157 Å². The van der Waals surface area contributed by atoms with Gasteiger partial charge in [-0.15, -0.1) is 11.6 Å². The van der Waals surface area contributed by atoms with E-state index in [1.54, 1.807) is 13.8 Å². The minimum Gasteiger partial charge on any atom is -0.466 e. The third-order valence-electron chi connectivity index (χ3n) is 5.45. The van der Waals surface area contributed by atoms with Crippen molar-refractivity contribution in [2.45, 2.75) is 55.3 Å². The summed E-state index contributed by atoms with van der Waals surface area (Å²) in [4.78, 5) is 23.9. The summed E-state index contributed by atoms with van der Waals surface area (Å²) in [7, 11) is 0. The predicted molar refractivity (Wildman–Crippen MR) is 94.4 cm³/mol. The van der Waals surface area contributed by atoms with Crippen LogP contribution in [-0.4, -0.2) is 39.8 Å². The molecule has 136 valence electrons. The lowest BCUT2D eigenvalue weighted by Gasteiger charge is -2.53. The average Bonchev–Trinajstić information content (AvgIpc) is 2.51. The van der Waals surface area contributed by atoms with Gasteiger partial charge in [-0.2, -0.15) is 0 Å². The molecule has 0 aromatic rings. The Balaban J connectivity index is 2.39. The summed E-state index contributed by atoms with van der Waals surface area (Å²) in [6.07, 6.45) is 2.91. The lowest BCUT2D eigenvalue weighted by atomic mass is 9.55. The van der Waals surface area contributed by atoms with Crippen molar-refractivity contribution in [3.8, 4) is 0 Å². The zero-order valence-corrected chi connectivity index (χ0v) is 16.1. The number of carbonyl (C=O) groups is 2. The van der Waals surface area contributed by atoms with Gasteiger partial charge in [0.15, 0.2) is 0 Å². The Bertz CT molecular complexity index is 534. The molecule has 0 radical (unpaired) electrons. The van der Waals surface area contributed by atoms with Crippen molar-refractivity contribution in [3.05, 3.63) is 11.6 Å². The molecule has 1 fully saturated rings. The lowest BCUT2D eigenvalue weighted by Crippen LogP contribution is -2.57. The molecule has 0 spiro atoms. The molecule has 0 saturated heterocycles. The van der Waals surface area contributed by atoms with E-state index < -0.39 is 21.8 Å². The van der Waals surface area contributed by atoms with Gasteiger partial charge in [0.25, 0.3) is 0 Å². The smallest absolute Gasteiger partial charge is 0.305 e. The molecule has 5 unspecified atom stereocenters. The van der Waals surface area contributed by atoms with Crippen LogP contribution >= 0.6 is 34.8 Å². The zero-order valence-electron chi connectivity index (χ0n) is 13.8. The van der Waals surface area contributed by atoms with Crippen molar-refractivity contribution in [2.24, 2.45) is 17.3 Å². The fraction of sp³-hybridized carbons (Fsp3) is 0.765. The van der Waals surface area contributed by atoms with E-state index in [9.17, 15) is 14.7 Å². The second-order valence-corrected chi connectivity index (χ2v) is 8.74. The summed E-state index contributed by atoms with van der Waals surface area (Å²) in [5.41, 5.74) is -0.273. The third kappa shape index (κ3) is 3.48. The number of ether oxygens (including phenoxy) is 1. The van der Waals surface area contributed by atoms with Gasteiger partial charge in [-0.05, 0) is 39.0 Å². The number of allylic oxidation sites excluding steroid dienone is 2. The van der Waals surface area contributed by atoms with Crippen LogP contribution in [0.25, 0.3) is 0 Å². The summed E-state index contributed by atoms with van der Waals surface area (Å²) in [5, 5.41) is 10.5. The van der Waals surface area contributed by atoms with E-state index in [-0.39, 0.29) is 36.7 Å². The fourth-order valence-corrected chi connectivity index (χ4v) is 5.08. The van der Waals surface area contributed by atoms with Gasteiger partial charge in [0.1, 0.15) is 10.6 Å². The molecule has 0 heterocycles. The van der Waals surface area contributed by atoms with Crippen LogP contribution in [0.15, 0.2) is 11.6 Å². The number of fused-ring (bicyclic) bond motifs is 1. The number of hydrogen-bond donors (Lipinski definition) is 1. The first-order valence-corrected chi connectivity index (χ1v) is 9.39. The number of rotatable bonds is 5. The molecule has 2 aliphatic rings. The first-order valence-electron chi connectivity index (χ1n) is 8.20. The van der Waals surface area contributed by atoms with Crippen LogP contribution in [0.5, 0.6) is 0 Å². The number of halogens is 3. The molecule has 0 amide bonds. The summed E-state index contributed by atoms with van der Waals surface area (Å²) < 4.78 is 3.64. The summed E-state index contributed by atoms with van der Waals surface area (Å²) in [6.45, 7) is 3.82. The molecule has 1 saturated carbocycles. The number of carbonyl (C=O) groups excluding carboxylic acids is 2. The van der Waals surface area contributed by atoms with Crippen LogP contribution in [0, 0.1) is 17.3 Å². The Morgan fingerprint density at radius 2 is 2.17 bits per heavy atom. The van der Waals surface area contributed by atoms with Gasteiger partial charge < -0.3 is 14.6 Å². The lowest BCUT2D eigenvalue weighted by molar-refractivity contribution is -0.145. The van der Waals surface area contributed by atoms with Crippen molar-refractivity contribution >= 4 is 47.1 Å². The standard InChI is InChI=1S/C17H23Cl3O4/c1-3-24-13(22)5-6-16(9-21)10(2)8-12(18)11-4-7-17(19,20)15(23)14(11)16/h8-9,11-12,14-15,23H,3-7H2,1-2H3. The van der Waals surface area contributed by atoms with Crippen LogP contribution in [0.3, 0.4) is 0 Å². The molecule has 0 aromatic heterocycles. The van der Waals surface area contributed by atoms with Crippen molar-refractivity contribution in [1.29, 1.82) is 0 Å². The molecular weight excluding hydrogens is 375 g/mol. The van der Waals surface area contributed by atoms with Crippen LogP contribution in [0.1, 0.15) is 39.5 Å². The summed E-state index contributed by atoms with van der Waals surface area (Å²) in [6, 6.07) is 0. The summed E-state index contributed by atoms with van der Waals surface area (Å²) >= 11 is 19.0. The van der Waals surface area contributed by atoms with E-state index in [2.05, 4.69) is 0 Å². The van der Waals surface area contributed by atoms with E-state index in [0.29, 0.717) is 12.8 Å². The Morgan fingerprint density at radius 3 is 2.75 bits per heavy atom. The highest BCUT2D eigenvalue weighted by molar-refractivity contribution is 6.49. The maximum absolute atomic E-state index is 12.1. The first kappa shape index (κ1) is 20.0. The molecule has 7 heteroatoms. The first-order chi connectivity index (χ1) is 11.2. The van der Waals surface area contributed by atoms with Crippen LogP contribution < -0.4 is 0 Å². The quantitative estimate of drug-likeness (QED) is 0.333. The van der Waals surface area contributed by atoms with E-state index in [1.807, 2.05) is 6.08 Å². The molecule has 0 bridgehead atoms. The zero-order chi connectivity index (χ0) is 18.1. The largest absolute Gasteiger partial charge is 0.466 e. The number of aldehydes is 1. The molecule has 0 aromatic carbocycles. The van der Waals surface area contributed by atoms with Gasteiger partial charge >= 0.3 is 5.97 Å². The molecule has 4 nitrogen and oxygen atoms in total. The topological polar surface area (TPSA) is 63.6 Å². The van der Waals surface area contributed by atoms with Gasteiger partial charge in [-0.3, -0.25) is 4.79 Å². The molecule has 24 heavy (non-hydrogen) atoms. The molecule has 0 aliphatic heterocycles. The van der Waals surface area contributed by atoms with Gasteiger partial charge in [0, 0.05) is 12.3 Å². The van der Waals surface area contributed by atoms with Crippen molar-refractivity contribution < 1.29 is 19.4 Å². The normalized spacial score (nSPS) is 38.0. The highest BCUT2D eigenvalue weighted by Gasteiger charge is 2.59. The van der Waals surface area contributed by atoms with Crippen LogP contribution in [0.4, 0.5) is 0 Å². The maximum Gasteiger partial charge on any atom is 0.305 e. The Kier molecular flexibility index (Phi) is 6.28. The molecule has 2 rings (SSSR count). The number of aliphatic hydroxyl groups excluding tert-OH is 1. The minimum atomic E-state index is -1.33.